The lowest BCUT2D eigenvalue weighted by Gasteiger charge is -2.05. The van der Waals surface area contributed by atoms with Gasteiger partial charge in [0.05, 0.1) is 12.3 Å². The largest absolute Gasteiger partial charge is 0.494 e. The third-order valence-corrected chi connectivity index (χ3v) is 3.77. The van der Waals surface area contributed by atoms with E-state index in [0.717, 1.165) is 22.6 Å². The van der Waals surface area contributed by atoms with E-state index in [9.17, 15) is 4.79 Å². The molecule has 0 aliphatic carbocycles. The number of thiazole rings is 1. The maximum Gasteiger partial charge on any atom is 0.347 e. The Morgan fingerprint density at radius 2 is 2.10 bits per heavy atom. The number of carboxylic acid groups (broad SMARTS) is 1. The summed E-state index contributed by atoms with van der Waals surface area (Å²) in [5, 5.41) is 12.7. The maximum atomic E-state index is 10.9. The molecule has 5 nitrogen and oxygen atoms in total. The molecule has 0 aliphatic heterocycles. The Morgan fingerprint density at radius 3 is 2.65 bits per heavy atom. The standard InChI is InChI=1S/C14H16N2O3S/c1-3-19-11-6-4-10(5-7-11)8-15-14-16-9(2)12(20-14)13(17)18/h4-7H,3,8H2,1-2H3,(H,15,16)(H,17,18). The Kier molecular flexibility index (Phi) is 4.57. The number of aromatic carboxylic acids is 1. The lowest BCUT2D eigenvalue weighted by Crippen LogP contribution is -1.99. The van der Waals surface area contributed by atoms with Gasteiger partial charge in [-0.1, -0.05) is 23.5 Å². The number of nitrogens with zero attached hydrogens (tertiary/aromatic N) is 1. The van der Waals surface area contributed by atoms with Gasteiger partial charge in [0.1, 0.15) is 10.6 Å². The maximum absolute atomic E-state index is 10.9. The van der Waals surface area contributed by atoms with E-state index >= 15 is 0 Å². The number of hydrogen-bond acceptors (Lipinski definition) is 5. The van der Waals surface area contributed by atoms with Gasteiger partial charge in [0.25, 0.3) is 0 Å². The Labute approximate surface area is 121 Å². The van der Waals surface area contributed by atoms with Crippen molar-refractivity contribution in [3.63, 3.8) is 0 Å². The molecule has 2 aromatic rings. The average Bonchev–Trinajstić information content (AvgIpc) is 2.80. The number of nitrogens with one attached hydrogen (secondary N) is 1. The summed E-state index contributed by atoms with van der Waals surface area (Å²) < 4.78 is 5.37. The van der Waals surface area contributed by atoms with E-state index in [1.54, 1.807) is 6.92 Å². The van der Waals surface area contributed by atoms with E-state index in [1.165, 1.54) is 0 Å². The number of hydrogen-bond donors (Lipinski definition) is 2. The van der Waals surface area contributed by atoms with Crippen LogP contribution in [0.15, 0.2) is 24.3 Å². The highest BCUT2D eigenvalue weighted by molar-refractivity contribution is 7.17. The van der Waals surface area contributed by atoms with Crippen molar-refractivity contribution in [2.45, 2.75) is 20.4 Å². The minimum absolute atomic E-state index is 0.277. The second-order valence-corrected chi connectivity index (χ2v) is 5.17. The van der Waals surface area contributed by atoms with Crippen molar-refractivity contribution < 1.29 is 14.6 Å². The van der Waals surface area contributed by atoms with E-state index in [1.807, 2.05) is 31.2 Å². The number of benzene rings is 1. The van der Waals surface area contributed by atoms with E-state index in [0.29, 0.717) is 24.0 Å². The second kappa shape index (κ2) is 6.38. The molecule has 0 atom stereocenters. The summed E-state index contributed by atoms with van der Waals surface area (Å²) in [6, 6.07) is 7.76. The molecule has 1 heterocycles. The summed E-state index contributed by atoms with van der Waals surface area (Å²) in [6.07, 6.45) is 0. The quantitative estimate of drug-likeness (QED) is 0.855. The third-order valence-electron chi connectivity index (χ3n) is 2.67. The lowest BCUT2D eigenvalue weighted by molar-refractivity contribution is 0.0701. The van der Waals surface area contributed by atoms with Crippen molar-refractivity contribution in [2.24, 2.45) is 0 Å². The smallest absolute Gasteiger partial charge is 0.347 e. The number of anilines is 1. The molecule has 0 amide bonds. The number of carbonyl (C=O) groups is 1. The summed E-state index contributed by atoms with van der Waals surface area (Å²) in [7, 11) is 0. The van der Waals surface area contributed by atoms with Gasteiger partial charge in [0.2, 0.25) is 0 Å². The van der Waals surface area contributed by atoms with Crippen LogP contribution in [-0.2, 0) is 6.54 Å². The van der Waals surface area contributed by atoms with Gasteiger partial charge in [0.15, 0.2) is 5.13 Å². The predicted molar refractivity (Wildman–Crippen MR) is 78.7 cm³/mol. The van der Waals surface area contributed by atoms with Gasteiger partial charge in [-0.05, 0) is 31.5 Å². The molecule has 0 fully saturated rings. The molecular weight excluding hydrogens is 276 g/mol. The van der Waals surface area contributed by atoms with Crippen molar-refractivity contribution >= 4 is 22.4 Å². The molecule has 1 aromatic carbocycles. The summed E-state index contributed by atoms with van der Waals surface area (Å²) in [5.74, 6) is -0.0939. The number of ether oxygens (including phenoxy) is 1. The molecule has 0 bridgehead atoms. The normalized spacial score (nSPS) is 10.3. The molecule has 2 N–H and O–H groups in total. The topological polar surface area (TPSA) is 71.5 Å². The first-order chi connectivity index (χ1) is 9.60. The molecule has 2 rings (SSSR count). The van der Waals surface area contributed by atoms with Gasteiger partial charge in [-0.3, -0.25) is 0 Å². The van der Waals surface area contributed by atoms with Crippen LogP contribution >= 0.6 is 11.3 Å². The Morgan fingerprint density at radius 1 is 1.40 bits per heavy atom. The Bertz CT molecular complexity index is 593. The van der Waals surface area contributed by atoms with Crippen molar-refractivity contribution in [3.8, 4) is 5.75 Å². The van der Waals surface area contributed by atoms with E-state index < -0.39 is 5.97 Å². The van der Waals surface area contributed by atoms with Crippen molar-refractivity contribution in [1.82, 2.24) is 4.98 Å². The average molecular weight is 292 g/mol. The fourth-order valence-corrected chi connectivity index (χ4v) is 2.52. The van der Waals surface area contributed by atoms with Gasteiger partial charge in [-0.2, -0.15) is 0 Å². The van der Waals surface area contributed by atoms with Crippen molar-refractivity contribution in [2.75, 3.05) is 11.9 Å². The number of aryl methyl sites for hydroxylation is 1. The molecule has 0 saturated heterocycles. The molecule has 0 spiro atoms. The van der Waals surface area contributed by atoms with Gasteiger partial charge < -0.3 is 15.2 Å². The third kappa shape index (κ3) is 3.48. The molecule has 1 aromatic heterocycles. The Balaban J connectivity index is 1.98. The highest BCUT2D eigenvalue weighted by atomic mass is 32.1. The van der Waals surface area contributed by atoms with Crippen molar-refractivity contribution in [1.29, 1.82) is 0 Å². The molecule has 6 heteroatoms. The van der Waals surface area contributed by atoms with Crippen LogP contribution in [0.3, 0.4) is 0 Å². The van der Waals surface area contributed by atoms with Crippen LogP contribution in [0.2, 0.25) is 0 Å². The summed E-state index contributed by atoms with van der Waals surface area (Å²) in [4.78, 5) is 15.4. The zero-order chi connectivity index (χ0) is 14.5. The van der Waals surface area contributed by atoms with Crippen LogP contribution in [0.25, 0.3) is 0 Å². The number of carboxylic acids is 1. The van der Waals surface area contributed by atoms with E-state index in [2.05, 4.69) is 10.3 Å². The van der Waals surface area contributed by atoms with Crippen LogP contribution in [0, 0.1) is 6.92 Å². The minimum Gasteiger partial charge on any atom is -0.494 e. The second-order valence-electron chi connectivity index (χ2n) is 4.17. The fourth-order valence-electron chi connectivity index (χ4n) is 1.72. The van der Waals surface area contributed by atoms with Crippen molar-refractivity contribution in [3.05, 3.63) is 40.4 Å². The van der Waals surface area contributed by atoms with Crippen LogP contribution in [0.4, 0.5) is 5.13 Å². The van der Waals surface area contributed by atoms with Crippen LogP contribution in [-0.4, -0.2) is 22.7 Å². The predicted octanol–water partition coefficient (Wildman–Crippen LogP) is 3.16. The van der Waals surface area contributed by atoms with E-state index in [4.69, 9.17) is 9.84 Å². The van der Waals surface area contributed by atoms with Crippen LogP contribution < -0.4 is 10.1 Å². The first-order valence-electron chi connectivity index (χ1n) is 6.26. The number of rotatable bonds is 6. The fraction of sp³-hybridized carbons (Fsp3) is 0.286. The molecule has 0 saturated carbocycles. The summed E-state index contributed by atoms with van der Waals surface area (Å²) in [5.41, 5.74) is 1.62. The molecule has 0 aliphatic rings. The first kappa shape index (κ1) is 14.3. The van der Waals surface area contributed by atoms with Crippen LogP contribution in [0.5, 0.6) is 5.75 Å². The van der Waals surface area contributed by atoms with E-state index in [-0.39, 0.29) is 4.88 Å². The highest BCUT2D eigenvalue weighted by Crippen LogP contribution is 2.23. The first-order valence-corrected chi connectivity index (χ1v) is 7.08. The van der Waals surface area contributed by atoms with Gasteiger partial charge in [-0.15, -0.1) is 0 Å². The lowest BCUT2D eigenvalue weighted by atomic mass is 10.2. The highest BCUT2D eigenvalue weighted by Gasteiger charge is 2.13. The molecule has 106 valence electrons. The molecule has 0 radical (unpaired) electrons. The van der Waals surface area contributed by atoms with Gasteiger partial charge in [-0.25, -0.2) is 9.78 Å². The monoisotopic (exact) mass is 292 g/mol. The summed E-state index contributed by atoms with van der Waals surface area (Å²) >= 11 is 1.15. The van der Waals surface area contributed by atoms with Gasteiger partial charge in [0, 0.05) is 6.54 Å². The zero-order valence-corrected chi connectivity index (χ0v) is 12.2. The SMILES string of the molecule is CCOc1ccc(CNc2nc(C)c(C(=O)O)s2)cc1. The molecule has 20 heavy (non-hydrogen) atoms. The molecule has 0 unspecified atom stereocenters. The number of aromatic nitrogens is 1. The summed E-state index contributed by atoms with van der Waals surface area (Å²) in [6.45, 7) is 4.88. The Hall–Kier alpha value is -2.08. The zero-order valence-electron chi connectivity index (χ0n) is 11.3. The minimum atomic E-state index is -0.936. The van der Waals surface area contributed by atoms with Crippen LogP contribution in [0.1, 0.15) is 27.9 Å². The molecular formula is C14H16N2O3S. The van der Waals surface area contributed by atoms with Gasteiger partial charge >= 0.3 is 5.97 Å².